The minimum atomic E-state index is -0.708. The van der Waals surface area contributed by atoms with Crippen LogP contribution < -0.4 is 10.2 Å². The van der Waals surface area contributed by atoms with E-state index in [1.807, 2.05) is 5.38 Å². The van der Waals surface area contributed by atoms with Crippen LogP contribution in [-0.2, 0) is 6.54 Å². The van der Waals surface area contributed by atoms with E-state index >= 15 is 0 Å². The number of aromatic nitrogens is 2. The van der Waals surface area contributed by atoms with E-state index in [1.54, 1.807) is 17.5 Å². The van der Waals surface area contributed by atoms with Gasteiger partial charge in [-0.2, -0.15) is 0 Å². The molecule has 0 amide bonds. The Bertz CT molecular complexity index is 530. The average Bonchev–Trinajstić information content (AvgIpc) is 2.81. The molecule has 0 radical (unpaired) electrons. The molecule has 0 spiro atoms. The summed E-state index contributed by atoms with van der Waals surface area (Å²) >= 11 is 1.47. The number of thiazole rings is 1. The van der Waals surface area contributed by atoms with Gasteiger partial charge in [-0.3, -0.25) is 0 Å². The highest BCUT2D eigenvalue weighted by Crippen LogP contribution is 2.22. The normalized spacial score (nSPS) is 10.4. The van der Waals surface area contributed by atoms with E-state index in [4.69, 9.17) is 0 Å². The van der Waals surface area contributed by atoms with E-state index in [1.165, 1.54) is 18.4 Å². The molecule has 0 aromatic carbocycles. The van der Waals surface area contributed by atoms with Crippen molar-refractivity contribution in [3.8, 4) is 0 Å². The molecule has 0 aliphatic rings. The van der Waals surface area contributed by atoms with Crippen molar-refractivity contribution in [2.75, 3.05) is 24.3 Å². The van der Waals surface area contributed by atoms with E-state index in [0.29, 0.717) is 6.54 Å². The molecule has 2 aromatic rings. The van der Waals surface area contributed by atoms with Crippen LogP contribution in [0.3, 0.4) is 0 Å². The van der Waals surface area contributed by atoms with Crippen molar-refractivity contribution < 1.29 is 8.78 Å². The second-order valence-corrected chi connectivity index (χ2v) is 4.43. The smallest absolute Gasteiger partial charge is 0.168 e. The Labute approximate surface area is 107 Å². The molecule has 1 N–H and O–H groups in total. The molecule has 18 heavy (non-hydrogen) atoms. The number of rotatable bonds is 4. The van der Waals surface area contributed by atoms with Gasteiger partial charge < -0.3 is 10.2 Å². The number of halogens is 2. The second kappa shape index (κ2) is 5.26. The van der Waals surface area contributed by atoms with Gasteiger partial charge in [0.25, 0.3) is 0 Å². The fourth-order valence-corrected chi connectivity index (χ4v) is 2.08. The molecule has 0 atom stereocenters. The van der Waals surface area contributed by atoms with Crippen molar-refractivity contribution in [1.29, 1.82) is 0 Å². The number of nitrogens with one attached hydrogen (secondary N) is 1. The number of anilines is 2. The van der Waals surface area contributed by atoms with Gasteiger partial charge in [-0.05, 0) is 0 Å². The third kappa shape index (κ3) is 2.56. The summed E-state index contributed by atoms with van der Waals surface area (Å²) in [6.45, 7) is 0.419. The molecule has 0 saturated heterocycles. The van der Waals surface area contributed by atoms with Crippen molar-refractivity contribution in [3.63, 3.8) is 0 Å². The zero-order valence-corrected chi connectivity index (χ0v) is 10.8. The van der Waals surface area contributed by atoms with Crippen molar-refractivity contribution in [2.45, 2.75) is 6.54 Å². The minimum absolute atomic E-state index is 0.0246. The highest BCUT2D eigenvalue weighted by Gasteiger charge is 2.15. The van der Waals surface area contributed by atoms with Gasteiger partial charge in [0.1, 0.15) is 0 Å². The van der Waals surface area contributed by atoms with E-state index in [0.717, 1.165) is 11.8 Å². The quantitative estimate of drug-likeness (QED) is 0.926. The summed E-state index contributed by atoms with van der Waals surface area (Å²) in [6, 6.07) is 0.825. The first-order valence-electron chi connectivity index (χ1n) is 5.24. The van der Waals surface area contributed by atoms with Crippen molar-refractivity contribution >= 4 is 23.0 Å². The number of hydrogen-bond donors (Lipinski definition) is 1. The van der Waals surface area contributed by atoms with E-state index in [2.05, 4.69) is 15.3 Å². The maximum atomic E-state index is 13.7. The molecule has 0 unspecified atom stereocenters. The van der Waals surface area contributed by atoms with Gasteiger partial charge in [-0.25, -0.2) is 18.7 Å². The summed E-state index contributed by atoms with van der Waals surface area (Å²) in [7, 11) is 3.22. The SMILES string of the molecule is CNc1nc(N(C)Cc2cscn2)c(F)cc1F. The first-order valence-corrected chi connectivity index (χ1v) is 6.18. The predicted octanol–water partition coefficient (Wildman–Crippen LogP) is 2.49. The van der Waals surface area contributed by atoms with Crippen molar-refractivity contribution in [2.24, 2.45) is 0 Å². The largest absolute Gasteiger partial charge is 0.371 e. The lowest BCUT2D eigenvalue weighted by Gasteiger charge is -2.18. The summed E-state index contributed by atoms with van der Waals surface area (Å²) in [5, 5.41) is 4.46. The molecule has 2 heterocycles. The van der Waals surface area contributed by atoms with Crippen LogP contribution in [0, 0.1) is 11.6 Å². The molecular formula is C11H12F2N4S. The Morgan fingerprint density at radius 2 is 2.17 bits per heavy atom. The standard InChI is InChI=1S/C11H12F2N4S/c1-14-10-8(12)3-9(13)11(16-10)17(2)4-7-5-18-6-15-7/h3,5-6H,4H2,1-2H3,(H,14,16). The molecule has 0 bridgehead atoms. The molecule has 96 valence electrons. The Hall–Kier alpha value is -1.76. The van der Waals surface area contributed by atoms with Crippen molar-refractivity contribution in [3.05, 3.63) is 34.3 Å². The third-order valence-corrected chi connectivity index (χ3v) is 3.03. The highest BCUT2D eigenvalue weighted by molar-refractivity contribution is 7.07. The van der Waals surface area contributed by atoms with Gasteiger partial charge >= 0.3 is 0 Å². The Kier molecular flexibility index (Phi) is 3.71. The molecule has 2 rings (SSSR count). The maximum Gasteiger partial charge on any atom is 0.168 e. The van der Waals surface area contributed by atoms with Crippen LogP contribution in [0.15, 0.2) is 17.0 Å². The molecule has 0 saturated carbocycles. The lowest BCUT2D eigenvalue weighted by molar-refractivity contribution is 0.573. The monoisotopic (exact) mass is 270 g/mol. The zero-order valence-electron chi connectivity index (χ0n) is 9.94. The topological polar surface area (TPSA) is 41.1 Å². The molecule has 0 fully saturated rings. The van der Waals surface area contributed by atoms with Gasteiger partial charge in [0.15, 0.2) is 23.3 Å². The van der Waals surface area contributed by atoms with E-state index in [-0.39, 0.29) is 11.6 Å². The zero-order chi connectivity index (χ0) is 13.1. The summed E-state index contributed by atoms with van der Waals surface area (Å²) in [5.41, 5.74) is 2.52. The molecule has 0 aliphatic heterocycles. The van der Waals surface area contributed by atoms with Crippen LogP contribution in [0.1, 0.15) is 5.69 Å². The Morgan fingerprint density at radius 1 is 1.39 bits per heavy atom. The summed E-state index contributed by atoms with van der Waals surface area (Å²) < 4.78 is 26.9. The van der Waals surface area contributed by atoms with Gasteiger partial charge in [0, 0.05) is 25.5 Å². The Morgan fingerprint density at radius 3 is 2.78 bits per heavy atom. The van der Waals surface area contributed by atoms with Crippen molar-refractivity contribution in [1.82, 2.24) is 9.97 Å². The van der Waals surface area contributed by atoms with E-state index < -0.39 is 11.6 Å². The lowest BCUT2D eigenvalue weighted by Crippen LogP contribution is -2.20. The number of pyridine rings is 1. The second-order valence-electron chi connectivity index (χ2n) is 3.71. The van der Waals surface area contributed by atoms with Gasteiger partial charge in [0.2, 0.25) is 0 Å². The highest BCUT2D eigenvalue weighted by atomic mass is 32.1. The third-order valence-electron chi connectivity index (χ3n) is 2.39. The summed E-state index contributed by atoms with van der Waals surface area (Å²) in [6.07, 6.45) is 0. The molecule has 4 nitrogen and oxygen atoms in total. The minimum Gasteiger partial charge on any atom is -0.371 e. The molecule has 0 aliphatic carbocycles. The van der Waals surface area contributed by atoms with Crippen LogP contribution in [0.25, 0.3) is 0 Å². The predicted molar refractivity (Wildman–Crippen MR) is 67.9 cm³/mol. The van der Waals surface area contributed by atoms with Crippen LogP contribution in [0.5, 0.6) is 0 Å². The van der Waals surface area contributed by atoms with Crippen LogP contribution in [0.4, 0.5) is 20.4 Å². The molecule has 7 heteroatoms. The Balaban J connectivity index is 2.26. The van der Waals surface area contributed by atoms with E-state index in [9.17, 15) is 8.78 Å². The van der Waals surface area contributed by atoms with Gasteiger partial charge in [-0.1, -0.05) is 0 Å². The number of hydrogen-bond acceptors (Lipinski definition) is 5. The lowest BCUT2D eigenvalue weighted by atomic mass is 10.3. The summed E-state index contributed by atoms with van der Waals surface area (Å²) in [4.78, 5) is 9.61. The fraction of sp³-hybridized carbons (Fsp3) is 0.273. The first-order chi connectivity index (χ1) is 8.61. The maximum absolute atomic E-state index is 13.7. The van der Waals surface area contributed by atoms with Gasteiger partial charge in [0.05, 0.1) is 17.7 Å². The number of nitrogens with zero attached hydrogens (tertiary/aromatic N) is 3. The molecular weight excluding hydrogens is 258 g/mol. The fourth-order valence-electron chi connectivity index (χ4n) is 1.53. The van der Waals surface area contributed by atoms with Gasteiger partial charge in [-0.15, -0.1) is 11.3 Å². The average molecular weight is 270 g/mol. The summed E-state index contributed by atoms with van der Waals surface area (Å²) in [5.74, 6) is -1.28. The van der Waals surface area contributed by atoms with Crippen LogP contribution in [0.2, 0.25) is 0 Å². The molecule has 2 aromatic heterocycles. The first kappa shape index (κ1) is 12.7. The van der Waals surface area contributed by atoms with Crippen LogP contribution in [-0.4, -0.2) is 24.1 Å². The van der Waals surface area contributed by atoms with Crippen LogP contribution >= 0.6 is 11.3 Å².